The third-order valence-electron chi connectivity index (χ3n) is 2.93. The van der Waals surface area contributed by atoms with Crippen molar-refractivity contribution in [3.8, 4) is 0 Å². The zero-order valence-corrected chi connectivity index (χ0v) is 9.57. The molecule has 2 rings (SSSR count). The van der Waals surface area contributed by atoms with Crippen LogP contribution in [0.25, 0.3) is 5.65 Å². The Morgan fingerprint density at radius 2 is 2.13 bits per heavy atom. The standard InChI is InChI=1S/C12H17N3/c1-4-7-12(2,3)10-5-6-11-13-9-14-15(11)8-10/h5-6,8-9H,4,7H2,1-3H3. The zero-order valence-electron chi connectivity index (χ0n) is 9.57. The zero-order chi connectivity index (χ0) is 10.9. The molecule has 0 aliphatic heterocycles. The summed E-state index contributed by atoms with van der Waals surface area (Å²) in [5.41, 5.74) is 2.45. The number of fused-ring (bicyclic) bond motifs is 1. The number of aromatic nitrogens is 3. The molecule has 0 saturated carbocycles. The molecule has 0 fully saturated rings. The normalized spacial score (nSPS) is 12.2. The Kier molecular flexibility index (Phi) is 2.47. The van der Waals surface area contributed by atoms with Gasteiger partial charge in [-0.15, -0.1) is 0 Å². The summed E-state index contributed by atoms with van der Waals surface area (Å²) in [7, 11) is 0. The van der Waals surface area contributed by atoms with Crippen LogP contribution in [-0.2, 0) is 5.41 Å². The van der Waals surface area contributed by atoms with Crippen LogP contribution in [0.3, 0.4) is 0 Å². The van der Waals surface area contributed by atoms with Crippen molar-refractivity contribution in [2.75, 3.05) is 0 Å². The third kappa shape index (κ3) is 1.87. The van der Waals surface area contributed by atoms with E-state index in [1.165, 1.54) is 18.4 Å². The fraction of sp³-hybridized carbons (Fsp3) is 0.500. The molecule has 0 unspecified atom stereocenters. The lowest BCUT2D eigenvalue weighted by molar-refractivity contribution is 0.470. The predicted octanol–water partition coefficient (Wildman–Crippen LogP) is 2.81. The molecule has 3 nitrogen and oxygen atoms in total. The largest absolute Gasteiger partial charge is 0.221 e. The summed E-state index contributed by atoms with van der Waals surface area (Å²) >= 11 is 0. The van der Waals surface area contributed by atoms with E-state index in [9.17, 15) is 0 Å². The first kappa shape index (κ1) is 10.1. The second kappa shape index (κ2) is 3.65. The third-order valence-corrected chi connectivity index (χ3v) is 2.93. The van der Waals surface area contributed by atoms with Gasteiger partial charge in [0.15, 0.2) is 5.65 Å². The summed E-state index contributed by atoms with van der Waals surface area (Å²) in [5.74, 6) is 0. The van der Waals surface area contributed by atoms with E-state index >= 15 is 0 Å². The van der Waals surface area contributed by atoms with Gasteiger partial charge in [0.25, 0.3) is 0 Å². The van der Waals surface area contributed by atoms with Crippen LogP contribution in [0.15, 0.2) is 24.7 Å². The molecule has 2 aromatic heterocycles. The van der Waals surface area contributed by atoms with Crippen molar-refractivity contribution >= 4 is 5.65 Å². The van der Waals surface area contributed by atoms with Gasteiger partial charge in [-0.3, -0.25) is 0 Å². The van der Waals surface area contributed by atoms with Crippen LogP contribution >= 0.6 is 0 Å². The van der Waals surface area contributed by atoms with Gasteiger partial charge in [-0.1, -0.05) is 33.3 Å². The van der Waals surface area contributed by atoms with Crippen molar-refractivity contribution in [2.24, 2.45) is 0 Å². The van der Waals surface area contributed by atoms with Crippen molar-refractivity contribution in [3.63, 3.8) is 0 Å². The summed E-state index contributed by atoms with van der Waals surface area (Å²) in [6.07, 6.45) is 6.06. The van der Waals surface area contributed by atoms with E-state index in [2.05, 4.69) is 43.1 Å². The molecule has 0 aliphatic carbocycles. The molecule has 0 amide bonds. The number of hydrogen-bond acceptors (Lipinski definition) is 2. The summed E-state index contributed by atoms with van der Waals surface area (Å²) in [5, 5.41) is 4.16. The van der Waals surface area contributed by atoms with Crippen LogP contribution in [0.1, 0.15) is 39.2 Å². The summed E-state index contributed by atoms with van der Waals surface area (Å²) in [6.45, 7) is 6.76. The summed E-state index contributed by atoms with van der Waals surface area (Å²) in [4.78, 5) is 4.14. The van der Waals surface area contributed by atoms with E-state index in [0.717, 1.165) is 5.65 Å². The number of pyridine rings is 1. The topological polar surface area (TPSA) is 30.2 Å². The van der Waals surface area contributed by atoms with Crippen molar-refractivity contribution in [2.45, 2.75) is 39.0 Å². The molecular formula is C12H17N3. The number of rotatable bonds is 3. The highest BCUT2D eigenvalue weighted by molar-refractivity contribution is 5.39. The van der Waals surface area contributed by atoms with Gasteiger partial charge in [0, 0.05) is 6.20 Å². The maximum absolute atomic E-state index is 4.16. The van der Waals surface area contributed by atoms with Crippen molar-refractivity contribution in [1.82, 2.24) is 14.6 Å². The van der Waals surface area contributed by atoms with Crippen molar-refractivity contribution < 1.29 is 0 Å². The van der Waals surface area contributed by atoms with Gasteiger partial charge in [0.2, 0.25) is 0 Å². The van der Waals surface area contributed by atoms with E-state index in [1.54, 1.807) is 6.33 Å². The minimum atomic E-state index is 0.217. The van der Waals surface area contributed by atoms with Gasteiger partial charge >= 0.3 is 0 Å². The first-order valence-electron chi connectivity index (χ1n) is 5.43. The molecule has 0 aliphatic rings. The van der Waals surface area contributed by atoms with Gasteiger partial charge in [0.1, 0.15) is 6.33 Å². The van der Waals surface area contributed by atoms with Crippen LogP contribution in [0.4, 0.5) is 0 Å². The fourth-order valence-electron chi connectivity index (χ4n) is 1.99. The molecule has 0 atom stereocenters. The van der Waals surface area contributed by atoms with E-state index in [0.29, 0.717) is 0 Å². The Bertz CT molecular complexity index is 457. The molecule has 0 aromatic carbocycles. The van der Waals surface area contributed by atoms with E-state index in [-0.39, 0.29) is 5.41 Å². The fourth-order valence-corrected chi connectivity index (χ4v) is 1.99. The molecule has 15 heavy (non-hydrogen) atoms. The van der Waals surface area contributed by atoms with Gasteiger partial charge in [-0.05, 0) is 23.5 Å². The van der Waals surface area contributed by atoms with Crippen LogP contribution in [-0.4, -0.2) is 14.6 Å². The lowest BCUT2D eigenvalue weighted by Gasteiger charge is -2.24. The minimum absolute atomic E-state index is 0.217. The van der Waals surface area contributed by atoms with E-state index in [1.807, 2.05) is 10.6 Å². The summed E-state index contributed by atoms with van der Waals surface area (Å²) < 4.78 is 1.84. The predicted molar refractivity (Wildman–Crippen MR) is 60.9 cm³/mol. The highest BCUT2D eigenvalue weighted by atomic mass is 15.3. The Morgan fingerprint density at radius 3 is 2.87 bits per heavy atom. The highest BCUT2D eigenvalue weighted by Gasteiger charge is 2.19. The molecule has 2 aromatic rings. The molecule has 0 radical (unpaired) electrons. The molecule has 0 N–H and O–H groups in total. The minimum Gasteiger partial charge on any atom is -0.221 e. The van der Waals surface area contributed by atoms with E-state index in [4.69, 9.17) is 0 Å². The summed E-state index contributed by atoms with van der Waals surface area (Å²) in [6, 6.07) is 4.18. The van der Waals surface area contributed by atoms with Crippen LogP contribution in [0.2, 0.25) is 0 Å². The Labute approximate surface area is 90.1 Å². The maximum atomic E-state index is 4.16. The molecule has 0 saturated heterocycles. The highest BCUT2D eigenvalue weighted by Crippen LogP contribution is 2.27. The smallest absolute Gasteiger partial charge is 0.155 e. The number of nitrogens with zero attached hydrogens (tertiary/aromatic N) is 3. The van der Waals surface area contributed by atoms with Crippen molar-refractivity contribution in [3.05, 3.63) is 30.2 Å². The first-order chi connectivity index (χ1) is 7.13. The van der Waals surface area contributed by atoms with Crippen LogP contribution < -0.4 is 0 Å². The van der Waals surface area contributed by atoms with Crippen LogP contribution in [0.5, 0.6) is 0 Å². The Hall–Kier alpha value is -1.38. The first-order valence-corrected chi connectivity index (χ1v) is 5.43. The monoisotopic (exact) mass is 203 g/mol. The Morgan fingerprint density at radius 1 is 1.33 bits per heavy atom. The average Bonchev–Trinajstić information content (AvgIpc) is 2.63. The molecule has 3 heteroatoms. The maximum Gasteiger partial charge on any atom is 0.155 e. The van der Waals surface area contributed by atoms with Crippen LogP contribution in [0, 0.1) is 0 Å². The molecule has 80 valence electrons. The molecule has 0 spiro atoms. The molecular weight excluding hydrogens is 186 g/mol. The lowest BCUT2D eigenvalue weighted by atomic mass is 9.82. The molecule has 2 heterocycles. The van der Waals surface area contributed by atoms with Gasteiger partial charge in [0.05, 0.1) is 0 Å². The quantitative estimate of drug-likeness (QED) is 0.767. The second-order valence-electron chi connectivity index (χ2n) is 4.61. The number of hydrogen-bond donors (Lipinski definition) is 0. The van der Waals surface area contributed by atoms with Gasteiger partial charge in [-0.2, -0.15) is 5.10 Å². The van der Waals surface area contributed by atoms with E-state index < -0.39 is 0 Å². The Balaban J connectivity index is 2.42. The average molecular weight is 203 g/mol. The van der Waals surface area contributed by atoms with Gasteiger partial charge < -0.3 is 0 Å². The molecule has 0 bridgehead atoms. The lowest BCUT2D eigenvalue weighted by Crippen LogP contribution is -2.17. The second-order valence-corrected chi connectivity index (χ2v) is 4.61. The van der Waals surface area contributed by atoms with Crippen molar-refractivity contribution in [1.29, 1.82) is 0 Å². The van der Waals surface area contributed by atoms with Gasteiger partial charge in [-0.25, -0.2) is 9.50 Å². The SMILES string of the molecule is CCCC(C)(C)c1ccc2ncnn2c1.